The molecule has 19 heavy (non-hydrogen) atoms. The van der Waals surface area contributed by atoms with Crippen LogP contribution in [0.3, 0.4) is 0 Å². The van der Waals surface area contributed by atoms with Gasteiger partial charge in [0.1, 0.15) is 11.3 Å². The second kappa shape index (κ2) is 5.26. The van der Waals surface area contributed by atoms with E-state index < -0.39 is 6.04 Å². The van der Waals surface area contributed by atoms with Crippen LogP contribution in [0.4, 0.5) is 0 Å². The van der Waals surface area contributed by atoms with Gasteiger partial charge in [0, 0.05) is 13.0 Å². The summed E-state index contributed by atoms with van der Waals surface area (Å²) in [5.41, 5.74) is 0.937. The molecule has 0 radical (unpaired) electrons. The molecule has 0 saturated carbocycles. The number of aliphatic hydroxyl groups is 1. The lowest BCUT2D eigenvalue weighted by molar-refractivity contribution is -0.126. The largest absolute Gasteiger partial charge is 0.512 e. The van der Waals surface area contributed by atoms with Gasteiger partial charge in [0.15, 0.2) is 5.78 Å². The predicted molar refractivity (Wildman–Crippen MR) is 71.7 cm³/mol. The third kappa shape index (κ3) is 2.38. The fourth-order valence-corrected chi connectivity index (χ4v) is 2.44. The first-order chi connectivity index (χ1) is 9.06. The van der Waals surface area contributed by atoms with Gasteiger partial charge < -0.3 is 10.0 Å². The van der Waals surface area contributed by atoms with Gasteiger partial charge in [-0.15, -0.1) is 0 Å². The molecule has 1 N–H and O–H groups in total. The zero-order chi connectivity index (χ0) is 14.0. The number of nitrogens with zero attached hydrogens (tertiary/aromatic N) is 1. The number of allylic oxidation sites excluding steroid dienone is 1. The van der Waals surface area contributed by atoms with E-state index >= 15 is 0 Å². The summed E-state index contributed by atoms with van der Waals surface area (Å²) in [5.74, 6) is -0.840. The molecule has 0 bridgehead atoms. The standard InChI is InChI=1S/C15H17NO3/c1-3-16-12(9-11-7-5-4-6-8-11)14(18)13(10(2)17)15(16)19/h4-8,12,17H,3,9H2,1-2H3/b13-10+. The minimum atomic E-state index is -0.503. The number of likely N-dealkylation sites (tertiary alicyclic amines) is 1. The molecular weight excluding hydrogens is 242 g/mol. The van der Waals surface area contributed by atoms with Crippen molar-refractivity contribution in [2.45, 2.75) is 26.3 Å². The maximum Gasteiger partial charge on any atom is 0.261 e. The van der Waals surface area contributed by atoms with Crippen molar-refractivity contribution in [3.8, 4) is 0 Å². The number of aliphatic hydroxyl groups excluding tert-OH is 1. The van der Waals surface area contributed by atoms with Gasteiger partial charge in [-0.3, -0.25) is 9.59 Å². The van der Waals surface area contributed by atoms with E-state index in [1.54, 1.807) is 0 Å². The number of carbonyl (C=O) groups is 2. The number of likely N-dealkylation sites (N-methyl/N-ethyl adjacent to an activating group) is 1. The second-order valence-corrected chi connectivity index (χ2v) is 4.62. The normalized spacial score (nSPS) is 22.0. The van der Waals surface area contributed by atoms with Crippen molar-refractivity contribution in [3.63, 3.8) is 0 Å². The highest BCUT2D eigenvalue weighted by atomic mass is 16.3. The van der Waals surface area contributed by atoms with E-state index in [1.165, 1.54) is 11.8 Å². The van der Waals surface area contributed by atoms with Crippen molar-refractivity contribution in [3.05, 3.63) is 47.2 Å². The molecule has 4 nitrogen and oxygen atoms in total. The number of hydrogen-bond acceptors (Lipinski definition) is 3. The van der Waals surface area contributed by atoms with Crippen LogP contribution in [0, 0.1) is 0 Å². The predicted octanol–water partition coefficient (Wildman–Crippen LogP) is 1.86. The Labute approximate surface area is 112 Å². The lowest BCUT2D eigenvalue weighted by atomic mass is 10.0. The Kier molecular flexibility index (Phi) is 3.69. The summed E-state index contributed by atoms with van der Waals surface area (Å²) < 4.78 is 0. The van der Waals surface area contributed by atoms with Crippen LogP contribution >= 0.6 is 0 Å². The van der Waals surface area contributed by atoms with E-state index in [9.17, 15) is 14.7 Å². The highest BCUT2D eigenvalue weighted by Crippen LogP contribution is 2.25. The monoisotopic (exact) mass is 259 g/mol. The lowest BCUT2D eigenvalue weighted by Crippen LogP contribution is -2.36. The molecule has 1 amide bonds. The van der Waals surface area contributed by atoms with Crippen molar-refractivity contribution in [1.82, 2.24) is 4.90 Å². The number of carbonyl (C=O) groups excluding carboxylic acids is 2. The topological polar surface area (TPSA) is 57.6 Å². The van der Waals surface area contributed by atoms with Crippen molar-refractivity contribution < 1.29 is 14.7 Å². The van der Waals surface area contributed by atoms with Crippen LogP contribution in [0.25, 0.3) is 0 Å². The molecule has 1 fully saturated rings. The van der Waals surface area contributed by atoms with Gasteiger partial charge >= 0.3 is 0 Å². The van der Waals surface area contributed by atoms with E-state index in [1.807, 2.05) is 37.3 Å². The van der Waals surface area contributed by atoms with E-state index in [0.717, 1.165) is 5.56 Å². The minimum absolute atomic E-state index is 0.0669. The third-order valence-electron chi connectivity index (χ3n) is 3.37. The van der Waals surface area contributed by atoms with E-state index in [-0.39, 0.29) is 23.0 Å². The van der Waals surface area contributed by atoms with Gasteiger partial charge in [-0.05, 0) is 19.4 Å². The number of rotatable bonds is 3. The molecule has 1 aliphatic rings. The quantitative estimate of drug-likeness (QED) is 0.512. The van der Waals surface area contributed by atoms with Gasteiger partial charge in [-0.1, -0.05) is 30.3 Å². The van der Waals surface area contributed by atoms with Crippen molar-refractivity contribution in [1.29, 1.82) is 0 Å². The van der Waals surface area contributed by atoms with Crippen molar-refractivity contribution in [2.75, 3.05) is 6.54 Å². The molecule has 0 aromatic heterocycles. The number of ketones is 1. The van der Waals surface area contributed by atoms with Gasteiger partial charge in [0.2, 0.25) is 0 Å². The molecule has 0 aliphatic carbocycles. The van der Waals surface area contributed by atoms with Crippen LogP contribution in [0.1, 0.15) is 19.4 Å². The first-order valence-corrected chi connectivity index (χ1v) is 6.35. The molecule has 1 heterocycles. The molecule has 1 aliphatic heterocycles. The summed E-state index contributed by atoms with van der Waals surface area (Å²) >= 11 is 0. The summed E-state index contributed by atoms with van der Waals surface area (Å²) in [6, 6.07) is 9.07. The maximum absolute atomic E-state index is 12.3. The average molecular weight is 259 g/mol. The molecule has 1 unspecified atom stereocenters. The van der Waals surface area contributed by atoms with Crippen LogP contribution in [-0.4, -0.2) is 34.3 Å². The lowest BCUT2D eigenvalue weighted by Gasteiger charge is -2.21. The first-order valence-electron chi connectivity index (χ1n) is 6.35. The Balaban J connectivity index is 2.32. The first kappa shape index (κ1) is 13.3. The van der Waals surface area contributed by atoms with Crippen LogP contribution in [0.5, 0.6) is 0 Å². The Morgan fingerprint density at radius 3 is 2.42 bits per heavy atom. The molecule has 1 aromatic rings. The smallest absolute Gasteiger partial charge is 0.261 e. The van der Waals surface area contributed by atoms with Gasteiger partial charge in [0.05, 0.1) is 6.04 Å². The number of benzene rings is 1. The van der Waals surface area contributed by atoms with Gasteiger partial charge in [0.25, 0.3) is 5.91 Å². The molecule has 1 atom stereocenters. The maximum atomic E-state index is 12.3. The summed E-state index contributed by atoms with van der Waals surface area (Å²) in [5, 5.41) is 9.50. The Morgan fingerprint density at radius 1 is 1.26 bits per heavy atom. The molecule has 1 saturated heterocycles. The fraction of sp³-hybridized carbons (Fsp3) is 0.333. The summed E-state index contributed by atoms with van der Waals surface area (Å²) in [7, 11) is 0. The minimum Gasteiger partial charge on any atom is -0.512 e. The highest BCUT2D eigenvalue weighted by molar-refractivity contribution is 6.26. The zero-order valence-electron chi connectivity index (χ0n) is 11.1. The molecule has 0 spiro atoms. The van der Waals surface area contributed by atoms with Crippen molar-refractivity contribution >= 4 is 11.7 Å². The average Bonchev–Trinajstić information content (AvgIpc) is 2.62. The number of Topliss-reactive ketones (excluding diaryl/α,β-unsaturated/α-hetero) is 1. The summed E-state index contributed by atoms with van der Waals surface area (Å²) in [4.78, 5) is 25.8. The van der Waals surface area contributed by atoms with Crippen molar-refractivity contribution in [2.24, 2.45) is 0 Å². The molecule has 4 heteroatoms. The van der Waals surface area contributed by atoms with Crippen LogP contribution < -0.4 is 0 Å². The Morgan fingerprint density at radius 2 is 1.89 bits per heavy atom. The Bertz CT molecular complexity index is 530. The molecule has 100 valence electrons. The SMILES string of the molecule is CCN1C(=O)/C(=C(\C)O)C(=O)C1Cc1ccccc1. The molecule has 1 aromatic carbocycles. The van der Waals surface area contributed by atoms with E-state index in [0.29, 0.717) is 13.0 Å². The van der Waals surface area contributed by atoms with Crippen LogP contribution in [0.2, 0.25) is 0 Å². The van der Waals surface area contributed by atoms with Crippen LogP contribution in [-0.2, 0) is 16.0 Å². The van der Waals surface area contributed by atoms with E-state index in [4.69, 9.17) is 0 Å². The second-order valence-electron chi connectivity index (χ2n) is 4.62. The third-order valence-corrected chi connectivity index (χ3v) is 3.37. The van der Waals surface area contributed by atoms with E-state index in [2.05, 4.69) is 0 Å². The fourth-order valence-electron chi connectivity index (χ4n) is 2.44. The summed E-state index contributed by atoms with van der Waals surface area (Å²) in [6.45, 7) is 3.67. The molecular formula is C15H17NO3. The van der Waals surface area contributed by atoms with Gasteiger partial charge in [-0.2, -0.15) is 0 Å². The number of hydrogen-bond donors (Lipinski definition) is 1. The summed E-state index contributed by atoms with van der Waals surface area (Å²) in [6.07, 6.45) is 0.482. The number of amides is 1. The van der Waals surface area contributed by atoms with Crippen LogP contribution in [0.15, 0.2) is 41.7 Å². The highest BCUT2D eigenvalue weighted by Gasteiger charge is 2.43. The van der Waals surface area contributed by atoms with Gasteiger partial charge in [-0.25, -0.2) is 0 Å². The molecule has 2 rings (SSSR count). The Hall–Kier alpha value is -2.10. The zero-order valence-corrected chi connectivity index (χ0v) is 11.1.